The molecule has 0 saturated carbocycles. The first-order chi connectivity index (χ1) is 6.81. The van der Waals surface area contributed by atoms with E-state index >= 15 is 0 Å². The zero-order chi connectivity index (χ0) is 9.97. The molecule has 1 aromatic rings. The van der Waals surface area contributed by atoms with Crippen molar-refractivity contribution in [2.75, 3.05) is 6.54 Å². The van der Waals surface area contributed by atoms with Crippen molar-refractivity contribution in [1.82, 2.24) is 4.90 Å². The average Bonchev–Trinajstić information content (AvgIpc) is 2.19. The van der Waals surface area contributed by atoms with Gasteiger partial charge in [0.25, 0.3) is 0 Å². The molecule has 0 fully saturated rings. The predicted molar refractivity (Wildman–Crippen MR) is 55.9 cm³/mol. The first-order valence-corrected chi connectivity index (χ1v) is 5.16. The molecule has 0 bridgehead atoms. The lowest BCUT2D eigenvalue weighted by Crippen LogP contribution is -2.36. The van der Waals surface area contributed by atoms with Gasteiger partial charge < -0.3 is 4.90 Å². The fraction of sp³-hybridized carbons (Fsp3) is 0.417. The molecule has 1 heterocycles. The van der Waals surface area contributed by atoms with Crippen LogP contribution in [0.15, 0.2) is 24.3 Å². The second-order valence-corrected chi connectivity index (χ2v) is 3.76. The van der Waals surface area contributed by atoms with Crippen LogP contribution in [0.3, 0.4) is 0 Å². The first-order valence-electron chi connectivity index (χ1n) is 5.16. The van der Waals surface area contributed by atoms with Gasteiger partial charge in [0.15, 0.2) is 0 Å². The maximum atomic E-state index is 11.7. The van der Waals surface area contributed by atoms with E-state index < -0.39 is 0 Å². The minimum Gasteiger partial charge on any atom is -0.338 e. The minimum atomic E-state index is 0.269. The second kappa shape index (κ2) is 3.82. The van der Waals surface area contributed by atoms with Gasteiger partial charge in [0.1, 0.15) is 0 Å². The number of amides is 1. The normalized spacial score (nSPS) is 15.5. The Kier molecular flexibility index (Phi) is 2.53. The summed E-state index contributed by atoms with van der Waals surface area (Å²) in [4.78, 5) is 13.6. The van der Waals surface area contributed by atoms with E-state index in [-0.39, 0.29) is 5.91 Å². The van der Waals surface area contributed by atoms with Crippen LogP contribution in [0, 0.1) is 0 Å². The molecular formula is C12H15NO. The van der Waals surface area contributed by atoms with Gasteiger partial charge in [0, 0.05) is 13.1 Å². The highest BCUT2D eigenvalue weighted by Crippen LogP contribution is 2.19. The molecule has 0 saturated heterocycles. The lowest BCUT2D eigenvalue weighted by molar-refractivity contribution is -0.131. The van der Waals surface area contributed by atoms with Gasteiger partial charge in [-0.3, -0.25) is 4.79 Å². The topological polar surface area (TPSA) is 20.3 Å². The Hall–Kier alpha value is -1.31. The summed E-state index contributed by atoms with van der Waals surface area (Å²) in [5, 5.41) is 0. The molecule has 0 N–H and O–H groups in total. The van der Waals surface area contributed by atoms with Crippen LogP contribution in [0.25, 0.3) is 0 Å². The Morgan fingerprint density at radius 2 is 2.00 bits per heavy atom. The molecule has 2 heteroatoms. The lowest BCUT2D eigenvalue weighted by Gasteiger charge is -2.28. The van der Waals surface area contributed by atoms with Gasteiger partial charge in [-0.25, -0.2) is 0 Å². The minimum absolute atomic E-state index is 0.269. The van der Waals surface area contributed by atoms with Gasteiger partial charge in [-0.05, 0) is 17.5 Å². The molecule has 2 nitrogen and oxygen atoms in total. The van der Waals surface area contributed by atoms with E-state index in [0.717, 1.165) is 19.5 Å². The van der Waals surface area contributed by atoms with Gasteiger partial charge in [0.2, 0.25) is 5.91 Å². The van der Waals surface area contributed by atoms with E-state index in [2.05, 4.69) is 19.1 Å². The fourth-order valence-corrected chi connectivity index (χ4v) is 1.93. The van der Waals surface area contributed by atoms with Crippen molar-refractivity contribution in [2.24, 2.45) is 0 Å². The summed E-state index contributed by atoms with van der Waals surface area (Å²) in [5.41, 5.74) is 2.51. The van der Waals surface area contributed by atoms with E-state index in [9.17, 15) is 4.79 Å². The van der Waals surface area contributed by atoms with Crippen LogP contribution in [0.2, 0.25) is 0 Å². The number of nitrogens with zero attached hydrogens (tertiary/aromatic N) is 1. The van der Waals surface area contributed by atoms with Crippen LogP contribution >= 0.6 is 0 Å². The van der Waals surface area contributed by atoms with Gasteiger partial charge >= 0.3 is 0 Å². The third kappa shape index (κ3) is 1.65. The van der Waals surface area contributed by atoms with E-state index in [0.29, 0.717) is 6.42 Å². The number of hydrogen-bond donors (Lipinski definition) is 0. The van der Waals surface area contributed by atoms with Crippen LogP contribution in [-0.2, 0) is 17.8 Å². The predicted octanol–water partition coefficient (Wildman–Crippen LogP) is 1.98. The summed E-state index contributed by atoms with van der Waals surface area (Å²) < 4.78 is 0. The molecule has 0 unspecified atom stereocenters. The van der Waals surface area contributed by atoms with E-state index in [1.165, 1.54) is 11.1 Å². The smallest absolute Gasteiger partial charge is 0.227 e. The third-order valence-electron chi connectivity index (χ3n) is 2.67. The zero-order valence-electron chi connectivity index (χ0n) is 8.49. The molecular weight excluding hydrogens is 174 g/mol. The highest BCUT2D eigenvalue weighted by Gasteiger charge is 2.21. The van der Waals surface area contributed by atoms with Crippen molar-refractivity contribution < 1.29 is 4.79 Å². The van der Waals surface area contributed by atoms with Gasteiger partial charge in [-0.15, -0.1) is 0 Å². The van der Waals surface area contributed by atoms with E-state index in [1.807, 2.05) is 17.0 Å². The molecule has 0 aliphatic carbocycles. The lowest BCUT2D eigenvalue weighted by atomic mass is 9.99. The zero-order valence-corrected chi connectivity index (χ0v) is 8.49. The molecule has 1 amide bonds. The van der Waals surface area contributed by atoms with Gasteiger partial charge in [-0.2, -0.15) is 0 Å². The van der Waals surface area contributed by atoms with Crippen molar-refractivity contribution in [3.63, 3.8) is 0 Å². The average molecular weight is 189 g/mol. The summed E-state index contributed by atoms with van der Waals surface area (Å²) in [6.45, 7) is 3.78. The maximum Gasteiger partial charge on any atom is 0.227 e. The first kappa shape index (κ1) is 9.25. The van der Waals surface area contributed by atoms with Crippen LogP contribution in [0.5, 0.6) is 0 Å². The summed E-state index contributed by atoms with van der Waals surface area (Å²) in [6.07, 6.45) is 1.62. The number of rotatable bonds is 2. The summed E-state index contributed by atoms with van der Waals surface area (Å²) in [6, 6.07) is 8.21. The van der Waals surface area contributed by atoms with Crippen LogP contribution in [-0.4, -0.2) is 17.4 Å². The van der Waals surface area contributed by atoms with Crippen molar-refractivity contribution in [3.05, 3.63) is 35.4 Å². The molecule has 74 valence electrons. The van der Waals surface area contributed by atoms with Crippen molar-refractivity contribution >= 4 is 5.91 Å². The number of carbonyl (C=O) groups excluding carboxylic acids is 1. The largest absolute Gasteiger partial charge is 0.338 e. The Labute approximate surface area is 84.5 Å². The van der Waals surface area contributed by atoms with Crippen LogP contribution < -0.4 is 0 Å². The molecule has 0 radical (unpaired) electrons. The molecule has 2 rings (SSSR count). The van der Waals surface area contributed by atoms with Crippen molar-refractivity contribution in [1.29, 1.82) is 0 Å². The van der Waals surface area contributed by atoms with Crippen molar-refractivity contribution in [2.45, 2.75) is 26.3 Å². The van der Waals surface area contributed by atoms with Crippen molar-refractivity contribution in [3.8, 4) is 0 Å². The Bertz CT molecular complexity index is 346. The molecule has 1 aliphatic rings. The second-order valence-electron chi connectivity index (χ2n) is 3.76. The maximum absolute atomic E-state index is 11.7. The molecule has 0 atom stereocenters. The summed E-state index contributed by atoms with van der Waals surface area (Å²) in [7, 11) is 0. The highest BCUT2D eigenvalue weighted by atomic mass is 16.2. The monoisotopic (exact) mass is 189 g/mol. The molecule has 1 aromatic carbocycles. The fourth-order valence-electron chi connectivity index (χ4n) is 1.93. The summed E-state index contributed by atoms with van der Waals surface area (Å²) >= 11 is 0. The Balaban J connectivity index is 2.22. The van der Waals surface area contributed by atoms with Crippen LogP contribution in [0.4, 0.5) is 0 Å². The number of carbonyl (C=O) groups is 1. The SMILES string of the molecule is CCCN1Cc2ccccc2CC1=O. The standard InChI is InChI=1S/C12H15NO/c1-2-7-13-9-11-6-4-3-5-10(11)8-12(13)14/h3-6H,2,7-9H2,1H3. The summed E-state index contributed by atoms with van der Waals surface area (Å²) in [5.74, 6) is 0.269. The Morgan fingerprint density at radius 3 is 2.71 bits per heavy atom. The number of fused-ring (bicyclic) bond motifs is 1. The van der Waals surface area contributed by atoms with Gasteiger partial charge in [-0.1, -0.05) is 31.2 Å². The molecule has 1 aliphatic heterocycles. The number of hydrogen-bond acceptors (Lipinski definition) is 1. The van der Waals surface area contributed by atoms with Gasteiger partial charge in [0.05, 0.1) is 6.42 Å². The molecule has 0 spiro atoms. The van der Waals surface area contributed by atoms with E-state index in [1.54, 1.807) is 0 Å². The quantitative estimate of drug-likeness (QED) is 0.696. The third-order valence-corrected chi connectivity index (χ3v) is 2.67. The van der Waals surface area contributed by atoms with E-state index in [4.69, 9.17) is 0 Å². The highest BCUT2D eigenvalue weighted by molar-refractivity contribution is 5.80. The molecule has 14 heavy (non-hydrogen) atoms. The molecule has 0 aromatic heterocycles. The Morgan fingerprint density at radius 1 is 1.29 bits per heavy atom. The van der Waals surface area contributed by atoms with Crippen LogP contribution in [0.1, 0.15) is 24.5 Å². The number of benzene rings is 1.